The van der Waals surface area contributed by atoms with Crippen molar-refractivity contribution in [2.24, 2.45) is 4.99 Å². The first kappa shape index (κ1) is 11.5. The standard InChI is InChI=1S/C9H7Cl2NOS/c10-3-4-13-9-5-7(12-6-14)1-2-8(9)11/h1-2,5H,3-4H2. The largest absolute Gasteiger partial charge is 0.491 e. The molecule has 0 atom stereocenters. The molecule has 0 aliphatic rings. The van der Waals surface area contributed by atoms with Gasteiger partial charge >= 0.3 is 0 Å². The van der Waals surface area contributed by atoms with Crippen molar-refractivity contribution in [2.75, 3.05) is 12.5 Å². The Kier molecular flexibility index (Phi) is 4.91. The minimum absolute atomic E-state index is 0.409. The van der Waals surface area contributed by atoms with Crippen LogP contribution in [0.5, 0.6) is 5.75 Å². The van der Waals surface area contributed by atoms with E-state index in [-0.39, 0.29) is 0 Å². The van der Waals surface area contributed by atoms with Gasteiger partial charge in [0.2, 0.25) is 0 Å². The predicted octanol–water partition coefficient (Wildman–Crippen LogP) is 3.69. The van der Waals surface area contributed by atoms with Crippen LogP contribution in [-0.4, -0.2) is 17.6 Å². The summed E-state index contributed by atoms with van der Waals surface area (Å²) in [4.78, 5) is 3.81. The third-order valence-electron chi connectivity index (χ3n) is 1.42. The lowest BCUT2D eigenvalue weighted by atomic mass is 10.3. The second-order valence-electron chi connectivity index (χ2n) is 2.36. The summed E-state index contributed by atoms with van der Waals surface area (Å²) in [5.74, 6) is 0.968. The van der Waals surface area contributed by atoms with Crippen LogP contribution in [0.25, 0.3) is 0 Å². The summed E-state index contributed by atoms with van der Waals surface area (Å²) in [5.41, 5.74) is 0.661. The van der Waals surface area contributed by atoms with E-state index in [4.69, 9.17) is 27.9 Å². The van der Waals surface area contributed by atoms with Crippen molar-refractivity contribution in [3.63, 3.8) is 0 Å². The molecule has 0 aliphatic heterocycles. The van der Waals surface area contributed by atoms with Crippen LogP contribution in [0.3, 0.4) is 0 Å². The van der Waals surface area contributed by atoms with E-state index >= 15 is 0 Å². The van der Waals surface area contributed by atoms with Gasteiger partial charge < -0.3 is 4.74 Å². The Morgan fingerprint density at radius 3 is 2.93 bits per heavy atom. The maximum Gasteiger partial charge on any atom is 0.140 e. The molecule has 0 fully saturated rings. The number of isothiocyanates is 1. The number of alkyl halides is 1. The van der Waals surface area contributed by atoms with Crippen LogP contribution in [0.15, 0.2) is 23.2 Å². The van der Waals surface area contributed by atoms with E-state index in [1.807, 2.05) is 0 Å². The fraction of sp³-hybridized carbons (Fsp3) is 0.222. The Labute approximate surface area is 97.5 Å². The van der Waals surface area contributed by atoms with Crippen molar-refractivity contribution in [1.82, 2.24) is 0 Å². The van der Waals surface area contributed by atoms with Crippen LogP contribution in [-0.2, 0) is 0 Å². The van der Waals surface area contributed by atoms with E-state index < -0.39 is 0 Å². The highest BCUT2D eigenvalue weighted by Gasteiger charge is 2.02. The van der Waals surface area contributed by atoms with Crippen LogP contribution >= 0.6 is 35.4 Å². The van der Waals surface area contributed by atoms with E-state index in [9.17, 15) is 0 Å². The summed E-state index contributed by atoms with van der Waals surface area (Å²) in [7, 11) is 0. The predicted molar refractivity (Wildman–Crippen MR) is 62.4 cm³/mol. The molecule has 0 amide bonds. The molecule has 0 aliphatic carbocycles. The highest BCUT2D eigenvalue weighted by Crippen LogP contribution is 2.28. The smallest absolute Gasteiger partial charge is 0.140 e. The lowest BCUT2D eigenvalue weighted by Crippen LogP contribution is -1.98. The molecule has 0 heterocycles. The summed E-state index contributed by atoms with van der Waals surface area (Å²) in [6, 6.07) is 5.11. The number of hydrogen-bond donors (Lipinski definition) is 0. The Hall–Kier alpha value is -0.600. The van der Waals surface area contributed by atoms with Gasteiger partial charge in [-0.2, -0.15) is 4.99 Å². The average Bonchev–Trinajstić information content (AvgIpc) is 2.19. The molecule has 0 unspecified atom stereocenters. The molecule has 0 N–H and O–H groups in total. The fourth-order valence-corrected chi connectivity index (χ4v) is 1.23. The van der Waals surface area contributed by atoms with Gasteiger partial charge in [-0.1, -0.05) is 11.6 Å². The summed E-state index contributed by atoms with van der Waals surface area (Å²) in [6.45, 7) is 0.409. The lowest BCUT2D eigenvalue weighted by Gasteiger charge is -2.05. The molecule has 0 radical (unpaired) electrons. The van der Waals surface area contributed by atoms with Crippen LogP contribution in [0.2, 0.25) is 5.02 Å². The average molecular weight is 248 g/mol. The van der Waals surface area contributed by atoms with Gasteiger partial charge in [0, 0.05) is 6.07 Å². The quantitative estimate of drug-likeness (QED) is 0.460. The number of hydrogen-bond acceptors (Lipinski definition) is 3. The summed E-state index contributed by atoms with van der Waals surface area (Å²) in [6.07, 6.45) is 0. The summed E-state index contributed by atoms with van der Waals surface area (Å²) < 4.78 is 5.29. The molecular formula is C9H7Cl2NOS. The third kappa shape index (κ3) is 3.28. The molecule has 74 valence electrons. The number of benzene rings is 1. The maximum atomic E-state index is 5.88. The topological polar surface area (TPSA) is 21.6 Å². The second kappa shape index (κ2) is 5.99. The number of ether oxygens (including phenoxy) is 1. The third-order valence-corrected chi connectivity index (χ3v) is 1.98. The fourth-order valence-electron chi connectivity index (χ4n) is 0.873. The van der Waals surface area contributed by atoms with Gasteiger partial charge in [0.25, 0.3) is 0 Å². The maximum absolute atomic E-state index is 5.88. The molecule has 0 saturated carbocycles. The number of rotatable bonds is 4. The molecule has 2 nitrogen and oxygen atoms in total. The monoisotopic (exact) mass is 247 g/mol. The number of aliphatic imine (C=N–C) groups is 1. The summed E-state index contributed by atoms with van der Waals surface area (Å²) in [5, 5.41) is 2.80. The Balaban J connectivity index is 2.89. The lowest BCUT2D eigenvalue weighted by molar-refractivity contribution is 0.343. The molecule has 5 heteroatoms. The van der Waals surface area contributed by atoms with Crippen LogP contribution in [0, 0.1) is 0 Å². The first-order valence-corrected chi connectivity index (χ1v) is 5.16. The van der Waals surface area contributed by atoms with Crippen molar-refractivity contribution in [3.05, 3.63) is 23.2 Å². The SMILES string of the molecule is S=C=Nc1ccc(Cl)c(OCCCl)c1. The van der Waals surface area contributed by atoms with E-state index in [1.165, 1.54) is 0 Å². The molecule has 1 aromatic carbocycles. The normalized spacial score (nSPS) is 9.29. The van der Waals surface area contributed by atoms with E-state index in [0.717, 1.165) is 0 Å². The molecule has 0 aromatic heterocycles. The van der Waals surface area contributed by atoms with Gasteiger partial charge in [-0.05, 0) is 24.4 Å². The molecule has 1 rings (SSSR count). The van der Waals surface area contributed by atoms with Gasteiger partial charge in [0.05, 0.1) is 21.8 Å². The molecule has 0 saturated heterocycles. The van der Waals surface area contributed by atoms with Gasteiger partial charge in [0.1, 0.15) is 12.4 Å². The highest BCUT2D eigenvalue weighted by molar-refractivity contribution is 7.78. The first-order valence-electron chi connectivity index (χ1n) is 3.84. The molecule has 14 heavy (non-hydrogen) atoms. The van der Waals surface area contributed by atoms with Crippen LogP contribution < -0.4 is 4.74 Å². The molecule has 0 bridgehead atoms. The molecule has 0 spiro atoms. The minimum Gasteiger partial charge on any atom is -0.491 e. The Bertz CT molecular complexity index is 364. The zero-order valence-electron chi connectivity index (χ0n) is 7.17. The van der Waals surface area contributed by atoms with E-state index in [1.54, 1.807) is 18.2 Å². The Morgan fingerprint density at radius 1 is 1.50 bits per heavy atom. The molecular weight excluding hydrogens is 241 g/mol. The van der Waals surface area contributed by atoms with Crippen LogP contribution in [0.4, 0.5) is 5.69 Å². The van der Waals surface area contributed by atoms with E-state index in [2.05, 4.69) is 22.4 Å². The number of halogens is 2. The van der Waals surface area contributed by atoms with Crippen molar-refractivity contribution >= 4 is 46.3 Å². The van der Waals surface area contributed by atoms with Gasteiger partial charge in [0.15, 0.2) is 0 Å². The minimum atomic E-state index is 0.409. The van der Waals surface area contributed by atoms with Crippen molar-refractivity contribution in [1.29, 1.82) is 0 Å². The van der Waals surface area contributed by atoms with Gasteiger partial charge in [-0.25, -0.2) is 0 Å². The first-order chi connectivity index (χ1) is 6.77. The van der Waals surface area contributed by atoms with Gasteiger partial charge in [-0.3, -0.25) is 0 Å². The number of thiocarbonyl (C=S) groups is 1. The summed E-state index contributed by atoms with van der Waals surface area (Å²) >= 11 is 15.8. The van der Waals surface area contributed by atoms with Crippen molar-refractivity contribution < 1.29 is 4.74 Å². The Morgan fingerprint density at radius 2 is 2.29 bits per heavy atom. The number of nitrogens with zero attached hydrogens (tertiary/aromatic N) is 1. The van der Waals surface area contributed by atoms with Crippen molar-refractivity contribution in [2.45, 2.75) is 0 Å². The molecule has 1 aromatic rings. The van der Waals surface area contributed by atoms with Crippen molar-refractivity contribution in [3.8, 4) is 5.75 Å². The highest BCUT2D eigenvalue weighted by atomic mass is 35.5. The zero-order chi connectivity index (χ0) is 10.4. The van der Waals surface area contributed by atoms with Gasteiger partial charge in [-0.15, -0.1) is 11.6 Å². The zero-order valence-corrected chi connectivity index (χ0v) is 9.49. The van der Waals surface area contributed by atoms with Crippen LogP contribution in [0.1, 0.15) is 0 Å². The second-order valence-corrected chi connectivity index (χ2v) is 3.32. The van der Waals surface area contributed by atoms with E-state index in [0.29, 0.717) is 28.9 Å².